The molecule has 1 rings (SSSR count). The van der Waals surface area contributed by atoms with E-state index in [0.29, 0.717) is 0 Å². The van der Waals surface area contributed by atoms with E-state index in [9.17, 15) is 4.39 Å². The van der Waals surface area contributed by atoms with Crippen LogP contribution in [0.5, 0.6) is 0 Å². The number of thiol groups is 1. The second-order valence-electron chi connectivity index (χ2n) is 1.59. The van der Waals surface area contributed by atoms with Crippen LogP contribution in [0.3, 0.4) is 0 Å². The maximum absolute atomic E-state index is 12.5. The van der Waals surface area contributed by atoms with E-state index in [4.69, 9.17) is 11.6 Å². The molecule has 54 valence electrons. The molecule has 5 heteroatoms. The fourth-order valence-corrected chi connectivity index (χ4v) is 0.862. The van der Waals surface area contributed by atoms with Gasteiger partial charge < -0.3 is 0 Å². The molecular weight excluding hydrogens is 175 g/mol. The highest BCUT2D eigenvalue weighted by atomic mass is 35.5. The molecule has 0 aliphatic rings. The van der Waals surface area contributed by atoms with Crippen molar-refractivity contribution < 1.29 is 4.39 Å². The van der Waals surface area contributed by atoms with Crippen LogP contribution in [-0.4, -0.2) is 9.97 Å². The zero-order valence-corrected chi connectivity index (χ0v) is 6.53. The van der Waals surface area contributed by atoms with Crippen LogP contribution in [0.25, 0.3) is 0 Å². The Morgan fingerprint density at radius 3 is 2.90 bits per heavy atom. The lowest BCUT2D eigenvalue weighted by Crippen LogP contribution is -1.93. The molecule has 0 aromatic carbocycles. The monoisotopic (exact) mass is 178 g/mol. The Balaban J connectivity index is 3.09. The van der Waals surface area contributed by atoms with Gasteiger partial charge in [0.25, 0.3) is 0 Å². The number of hydrogen-bond donors (Lipinski definition) is 1. The number of halogens is 2. The summed E-state index contributed by atoms with van der Waals surface area (Å²) >= 11 is 9.21. The van der Waals surface area contributed by atoms with Gasteiger partial charge in [-0.05, 0) is 11.6 Å². The van der Waals surface area contributed by atoms with Crippen LogP contribution < -0.4 is 0 Å². The van der Waals surface area contributed by atoms with Gasteiger partial charge in [-0.25, -0.2) is 14.4 Å². The fraction of sp³-hybridized carbons (Fsp3) is 0.200. The third-order valence-electron chi connectivity index (χ3n) is 0.937. The lowest BCUT2D eigenvalue weighted by Gasteiger charge is -1.95. The third-order valence-corrected chi connectivity index (χ3v) is 1.42. The third kappa shape index (κ3) is 1.58. The summed E-state index contributed by atoms with van der Waals surface area (Å²) in [6.07, 6.45) is 1.03. The normalized spacial score (nSPS) is 9.90. The van der Waals surface area contributed by atoms with Crippen molar-refractivity contribution in [3.63, 3.8) is 0 Å². The van der Waals surface area contributed by atoms with E-state index in [1.165, 1.54) is 0 Å². The van der Waals surface area contributed by atoms with E-state index in [-0.39, 0.29) is 16.7 Å². The molecular formula is C5H4ClFN2S. The molecule has 1 aromatic rings. The summed E-state index contributed by atoms with van der Waals surface area (Å²) in [5.74, 6) is -0.243. The van der Waals surface area contributed by atoms with Crippen LogP contribution in [-0.2, 0) is 5.75 Å². The molecule has 0 amide bonds. The van der Waals surface area contributed by atoms with Gasteiger partial charge in [0.05, 0.1) is 11.9 Å². The molecule has 0 saturated heterocycles. The van der Waals surface area contributed by atoms with E-state index in [2.05, 4.69) is 22.6 Å². The molecule has 0 aliphatic carbocycles. The Morgan fingerprint density at radius 2 is 2.40 bits per heavy atom. The summed E-state index contributed by atoms with van der Waals surface area (Å²) in [4.78, 5) is 7.03. The second-order valence-corrected chi connectivity index (χ2v) is 2.25. The zero-order valence-electron chi connectivity index (χ0n) is 4.88. The summed E-state index contributed by atoms with van der Waals surface area (Å²) in [6, 6.07) is 0. The molecule has 1 heterocycles. The van der Waals surface area contributed by atoms with Crippen molar-refractivity contribution in [3.05, 3.63) is 23.0 Å². The van der Waals surface area contributed by atoms with E-state index >= 15 is 0 Å². The Bertz CT molecular complexity index is 243. The van der Waals surface area contributed by atoms with Crippen molar-refractivity contribution in [3.8, 4) is 0 Å². The number of nitrogens with zero attached hydrogens (tertiary/aromatic N) is 2. The highest BCUT2D eigenvalue weighted by Gasteiger charge is 2.01. The smallest absolute Gasteiger partial charge is 0.222 e. The molecule has 0 N–H and O–H groups in total. The van der Waals surface area contributed by atoms with Gasteiger partial charge in [0.1, 0.15) is 0 Å². The predicted octanol–water partition coefficient (Wildman–Crippen LogP) is 1.70. The van der Waals surface area contributed by atoms with Crippen LogP contribution in [0.1, 0.15) is 5.69 Å². The second kappa shape index (κ2) is 3.16. The minimum Gasteiger partial charge on any atom is -0.223 e. The van der Waals surface area contributed by atoms with Gasteiger partial charge in [0.15, 0.2) is 5.82 Å². The van der Waals surface area contributed by atoms with Gasteiger partial charge in [-0.1, -0.05) is 0 Å². The van der Waals surface area contributed by atoms with Gasteiger partial charge in [-0.3, -0.25) is 0 Å². The Morgan fingerprint density at radius 1 is 1.70 bits per heavy atom. The average Bonchev–Trinajstić information content (AvgIpc) is 1.94. The molecule has 10 heavy (non-hydrogen) atoms. The first-order valence-electron chi connectivity index (χ1n) is 2.52. The highest BCUT2D eigenvalue weighted by molar-refractivity contribution is 7.79. The maximum Gasteiger partial charge on any atom is 0.222 e. The molecule has 0 atom stereocenters. The molecule has 0 aliphatic heterocycles. The molecule has 2 nitrogen and oxygen atoms in total. The maximum atomic E-state index is 12.5. The van der Waals surface area contributed by atoms with E-state index in [0.717, 1.165) is 6.20 Å². The zero-order chi connectivity index (χ0) is 7.56. The van der Waals surface area contributed by atoms with Crippen molar-refractivity contribution in [2.24, 2.45) is 0 Å². The first-order valence-corrected chi connectivity index (χ1v) is 3.53. The van der Waals surface area contributed by atoms with Crippen LogP contribution in [0, 0.1) is 5.82 Å². The van der Waals surface area contributed by atoms with Crippen molar-refractivity contribution in [1.82, 2.24) is 9.97 Å². The highest BCUT2D eigenvalue weighted by Crippen LogP contribution is 2.07. The van der Waals surface area contributed by atoms with Gasteiger partial charge in [0, 0.05) is 5.75 Å². The SMILES string of the molecule is Fc1cnc(Cl)nc1CS. The van der Waals surface area contributed by atoms with Gasteiger partial charge >= 0.3 is 0 Å². The lowest BCUT2D eigenvalue weighted by molar-refractivity contribution is 0.600. The summed E-state index contributed by atoms with van der Waals surface area (Å²) in [5, 5.41) is 0.0467. The van der Waals surface area contributed by atoms with Crippen molar-refractivity contribution in [2.75, 3.05) is 0 Å². The predicted molar refractivity (Wildman–Crippen MR) is 39.7 cm³/mol. The van der Waals surface area contributed by atoms with Crippen molar-refractivity contribution >= 4 is 24.2 Å². The number of rotatable bonds is 1. The Kier molecular flexibility index (Phi) is 2.45. The van der Waals surface area contributed by atoms with Crippen LogP contribution in [0.4, 0.5) is 4.39 Å². The van der Waals surface area contributed by atoms with Crippen molar-refractivity contribution in [2.45, 2.75) is 5.75 Å². The molecule has 0 spiro atoms. The molecule has 0 bridgehead atoms. The fourth-order valence-electron chi connectivity index (χ4n) is 0.489. The minimum absolute atomic E-state index is 0.0467. The minimum atomic E-state index is -0.473. The van der Waals surface area contributed by atoms with E-state index < -0.39 is 5.82 Å². The Hall–Kier alpha value is -0.350. The van der Waals surface area contributed by atoms with E-state index in [1.807, 2.05) is 0 Å². The van der Waals surface area contributed by atoms with Crippen LogP contribution >= 0.6 is 24.2 Å². The summed E-state index contributed by atoms with van der Waals surface area (Å²) in [5.41, 5.74) is 0.225. The molecule has 0 unspecified atom stereocenters. The molecule has 1 aromatic heterocycles. The first-order chi connectivity index (χ1) is 4.74. The van der Waals surface area contributed by atoms with Crippen LogP contribution in [0.15, 0.2) is 6.20 Å². The largest absolute Gasteiger partial charge is 0.223 e. The molecule has 0 radical (unpaired) electrons. The van der Waals surface area contributed by atoms with E-state index in [1.54, 1.807) is 0 Å². The average molecular weight is 179 g/mol. The van der Waals surface area contributed by atoms with Gasteiger partial charge in [-0.2, -0.15) is 12.6 Å². The van der Waals surface area contributed by atoms with Crippen molar-refractivity contribution in [1.29, 1.82) is 0 Å². The summed E-state index contributed by atoms with van der Waals surface area (Å²) in [7, 11) is 0. The molecule has 0 fully saturated rings. The van der Waals surface area contributed by atoms with Crippen LogP contribution in [0.2, 0.25) is 5.28 Å². The summed E-state index contributed by atoms with van der Waals surface area (Å²) in [6.45, 7) is 0. The first kappa shape index (κ1) is 7.75. The lowest BCUT2D eigenvalue weighted by atomic mass is 10.4. The van der Waals surface area contributed by atoms with Gasteiger partial charge in [-0.15, -0.1) is 0 Å². The standard InChI is InChI=1S/C5H4ClFN2S/c6-5-8-1-3(7)4(2-10)9-5/h1,10H,2H2. The quantitative estimate of drug-likeness (QED) is 0.523. The summed E-state index contributed by atoms with van der Waals surface area (Å²) < 4.78 is 12.5. The number of hydrogen-bond acceptors (Lipinski definition) is 3. The number of aromatic nitrogens is 2. The topological polar surface area (TPSA) is 25.8 Å². The molecule has 0 saturated carbocycles. The Labute approximate surface area is 67.9 Å². The van der Waals surface area contributed by atoms with Gasteiger partial charge in [0.2, 0.25) is 5.28 Å².